The van der Waals surface area contributed by atoms with Crippen molar-refractivity contribution in [1.82, 2.24) is 0 Å². The van der Waals surface area contributed by atoms with Crippen molar-refractivity contribution >= 4 is 61.8 Å². The van der Waals surface area contributed by atoms with Crippen LogP contribution in [0, 0.1) is 11.3 Å². The van der Waals surface area contributed by atoms with Crippen molar-refractivity contribution in [2.24, 2.45) is 0 Å². The summed E-state index contributed by atoms with van der Waals surface area (Å²) in [6, 6.07) is 19.9. The van der Waals surface area contributed by atoms with Gasteiger partial charge in [0.25, 0.3) is 5.91 Å². The number of carbonyl (C=O) groups excluding carboxylic acids is 2. The Morgan fingerprint density at radius 3 is 2.64 bits per heavy atom. The summed E-state index contributed by atoms with van der Waals surface area (Å²) >= 11 is 10.6. The van der Waals surface area contributed by atoms with Crippen molar-refractivity contribution < 1.29 is 18.7 Å². The molecule has 0 unspecified atom stereocenters. The van der Waals surface area contributed by atoms with Crippen molar-refractivity contribution in [2.45, 2.75) is 6.92 Å². The van der Waals surface area contributed by atoms with E-state index in [-0.39, 0.29) is 22.7 Å². The van der Waals surface area contributed by atoms with Crippen LogP contribution >= 0.6 is 38.9 Å². The number of nitrogens with one attached hydrogen (secondary N) is 1. The fourth-order valence-electron chi connectivity index (χ4n) is 3.39. The van der Waals surface area contributed by atoms with Crippen molar-refractivity contribution in [3.05, 3.63) is 92.4 Å². The Balaban J connectivity index is 1.62. The van der Waals surface area contributed by atoms with Crippen molar-refractivity contribution in [3.63, 3.8) is 0 Å². The lowest BCUT2D eigenvalue weighted by molar-refractivity contribution is -0.112. The molecule has 0 atom stereocenters. The van der Waals surface area contributed by atoms with E-state index in [1.807, 2.05) is 36.4 Å². The molecule has 2 aromatic carbocycles. The molecule has 0 spiro atoms. The first-order valence-corrected chi connectivity index (χ1v) is 12.8. The van der Waals surface area contributed by atoms with Crippen molar-refractivity contribution in [2.75, 3.05) is 11.9 Å². The molecule has 36 heavy (non-hydrogen) atoms. The first-order valence-electron chi connectivity index (χ1n) is 10.7. The van der Waals surface area contributed by atoms with Gasteiger partial charge in [0.15, 0.2) is 0 Å². The number of nitrogens with zero attached hydrogens (tertiary/aromatic N) is 1. The number of nitriles is 1. The molecule has 4 aromatic rings. The van der Waals surface area contributed by atoms with E-state index in [4.69, 9.17) is 20.8 Å². The van der Waals surface area contributed by atoms with Gasteiger partial charge in [-0.1, -0.05) is 51.8 Å². The monoisotopic (exact) mass is 580 g/mol. The number of ether oxygens (including phenoxy) is 1. The first-order chi connectivity index (χ1) is 17.4. The average molecular weight is 582 g/mol. The highest BCUT2D eigenvalue weighted by atomic mass is 79.9. The molecule has 9 heteroatoms. The van der Waals surface area contributed by atoms with Gasteiger partial charge in [-0.15, -0.1) is 11.3 Å². The Morgan fingerprint density at radius 2 is 1.94 bits per heavy atom. The minimum absolute atomic E-state index is 0.179. The molecule has 0 saturated carbocycles. The number of thiophene rings is 1. The summed E-state index contributed by atoms with van der Waals surface area (Å²) in [4.78, 5) is 25.8. The fraction of sp³-hybridized carbons (Fsp3) is 0.0741. The third-order valence-corrected chi connectivity index (χ3v) is 6.70. The summed E-state index contributed by atoms with van der Waals surface area (Å²) in [5.74, 6) is -0.368. The highest BCUT2D eigenvalue weighted by Gasteiger charge is 2.24. The van der Waals surface area contributed by atoms with E-state index in [9.17, 15) is 14.9 Å². The second-order valence-corrected chi connectivity index (χ2v) is 9.65. The Hall–Kier alpha value is -3.64. The number of amides is 1. The van der Waals surface area contributed by atoms with Gasteiger partial charge < -0.3 is 14.5 Å². The zero-order valence-corrected chi connectivity index (χ0v) is 22.0. The van der Waals surface area contributed by atoms with Crippen LogP contribution < -0.4 is 5.32 Å². The molecule has 6 nitrogen and oxygen atoms in total. The number of anilines is 1. The Morgan fingerprint density at radius 1 is 1.17 bits per heavy atom. The van der Waals surface area contributed by atoms with E-state index in [0.29, 0.717) is 22.1 Å². The Kier molecular flexibility index (Phi) is 8.06. The lowest BCUT2D eigenvalue weighted by Crippen LogP contribution is -2.16. The van der Waals surface area contributed by atoms with Crippen LogP contribution in [0.15, 0.2) is 80.5 Å². The molecule has 1 amide bonds. The largest absolute Gasteiger partial charge is 0.462 e. The zero-order chi connectivity index (χ0) is 25.7. The average Bonchev–Trinajstić information content (AvgIpc) is 3.50. The second kappa shape index (κ2) is 11.4. The number of halogens is 2. The minimum Gasteiger partial charge on any atom is -0.462 e. The maximum Gasteiger partial charge on any atom is 0.341 e. The standard InChI is InChI=1S/C27H18BrClN2O4S/c1-2-34-27(33)24-22(16-6-8-19(28)9-7-16)15-36-26(24)31-25(32)18(14-30)13-21-10-11-23(35-21)17-4-3-5-20(29)12-17/h3-13,15H,2H2,1H3,(H,31,32)/b18-13-. The number of furan rings is 1. The van der Waals surface area contributed by atoms with Crippen LogP contribution in [0.3, 0.4) is 0 Å². The molecule has 0 aliphatic rings. The number of esters is 1. The van der Waals surface area contributed by atoms with Gasteiger partial charge in [-0.25, -0.2) is 4.79 Å². The van der Waals surface area contributed by atoms with E-state index in [2.05, 4.69) is 21.2 Å². The van der Waals surface area contributed by atoms with Gasteiger partial charge in [-0.3, -0.25) is 4.79 Å². The molecule has 0 aliphatic heterocycles. The van der Waals surface area contributed by atoms with Gasteiger partial charge in [-0.2, -0.15) is 5.26 Å². The number of rotatable bonds is 7. The summed E-state index contributed by atoms with van der Waals surface area (Å²) in [5, 5.41) is 14.9. The van der Waals surface area contributed by atoms with Crippen molar-refractivity contribution in [3.8, 4) is 28.5 Å². The molecular formula is C27H18BrClN2O4S. The van der Waals surface area contributed by atoms with Gasteiger partial charge in [0.1, 0.15) is 33.7 Å². The molecule has 0 radical (unpaired) electrons. The smallest absolute Gasteiger partial charge is 0.341 e. The summed E-state index contributed by atoms with van der Waals surface area (Å²) in [5.41, 5.74) is 2.23. The lowest BCUT2D eigenvalue weighted by Gasteiger charge is -2.08. The van der Waals surface area contributed by atoms with Crippen LogP contribution in [-0.4, -0.2) is 18.5 Å². The SMILES string of the molecule is CCOC(=O)c1c(-c2ccc(Br)cc2)csc1NC(=O)/C(C#N)=C\c1ccc(-c2cccc(Cl)c2)o1. The third-order valence-electron chi connectivity index (χ3n) is 5.04. The van der Waals surface area contributed by atoms with E-state index in [1.165, 1.54) is 17.4 Å². The van der Waals surface area contributed by atoms with Gasteiger partial charge in [0.2, 0.25) is 0 Å². The molecule has 0 saturated heterocycles. The Labute approximate surface area is 224 Å². The summed E-state index contributed by atoms with van der Waals surface area (Å²) < 4.78 is 11.9. The maximum atomic E-state index is 13.0. The molecule has 0 aliphatic carbocycles. The predicted octanol–water partition coefficient (Wildman–Crippen LogP) is 7.81. The Bertz CT molecular complexity index is 1500. The lowest BCUT2D eigenvalue weighted by atomic mass is 10.0. The summed E-state index contributed by atoms with van der Waals surface area (Å²) in [6.45, 7) is 1.89. The molecule has 1 N–H and O–H groups in total. The number of benzene rings is 2. The predicted molar refractivity (Wildman–Crippen MR) is 145 cm³/mol. The molecule has 0 bridgehead atoms. The van der Waals surface area contributed by atoms with E-state index in [1.54, 1.807) is 42.6 Å². The van der Waals surface area contributed by atoms with Crippen LogP contribution in [0.25, 0.3) is 28.5 Å². The van der Waals surface area contributed by atoms with Crippen LogP contribution in [0.1, 0.15) is 23.0 Å². The topological polar surface area (TPSA) is 92.3 Å². The molecule has 0 fully saturated rings. The normalized spacial score (nSPS) is 11.1. The van der Waals surface area contributed by atoms with Crippen LogP contribution in [0.5, 0.6) is 0 Å². The molecule has 4 rings (SSSR count). The molecular weight excluding hydrogens is 564 g/mol. The number of carbonyl (C=O) groups is 2. The van der Waals surface area contributed by atoms with Gasteiger partial charge in [-0.05, 0) is 48.9 Å². The second-order valence-electron chi connectivity index (χ2n) is 7.42. The zero-order valence-electron chi connectivity index (χ0n) is 18.9. The van der Waals surface area contributed by atoms with Crippen LogP contribution in [-0.2, 0) is 9.53 Å². The number of hydrogen-bond donors (Lipinski definition) is 1. The minimum atomic E-state index is -0.673. The molecule has 2 aromatic heterocycles. The van der Waals surface area contributed by atoms with E-state index < -0.39 is 11.9 Å². The third kappa shape index (κ3) is 5.77. The van der Waals surface area contributed by atoms with E-state index >= 15 is 0 Å². The summed E-state index contributed by atoms with van der Waals surface area (Å²) in [6.07, 6.45) is 1.34. The first kappa shape index (κ1) is 25.5. The molecule has 2 heterocycles. The van der Waals surface area contributed by atoms with Gasteiger partial charge >= 0.3 is 5.97 Å². The van der Waals surface area contributed by atoms with Crippen LogP contribution in [0.2, 0.25) is 5.02 Å². The van der Waals surface area contributed by atoms with Crippen LogP contribution in [0.4, 0.5) is 5.00 Å². The quantitative estimate of drug-likeness (QED) is 0.136. The highest BCUT2D eigenvalue weighted by Crippen LogP contribution is 2.37. The molecule has 180 valence electrons. The number of hydrogen-bond acceptors (Lipinski definition) is 6. The fourth-order valence-corrected chi connectivity index (χ4v) is 4.79. The maximum absolute atomic E-state index is 13.0. The van der Waals surface area contributed by atoms with E-state index in [0.717, 1.165) is 15.6 Å². The summed E-state index contributed by atoms with van der Waals surface area (Å²) in [7, 11) is 0. The van der Waals surface area contributed by atoms with Crippen molar-refractivity contribution in [1.29, 1.82) is 5.26 Å². The highest BCUT2D eigenvalue weighted by molar-refractivity contribution is 9.10. The van der Waals surface area contributed by atoms with Gasteiger partial charge in [0, 0.05) is 32.1 Å². The van der Waals surface area contributed by atoms with Gasteiger partial charge in [0.05, 0.1) is 6.61 Å².